The highest BCUT2D eigenvalue weighted by molar-refractivity contribution is 5.98. The molecule has 0 saturated heterocycles. The molecule has 9 aromatic rings. The van der Waals surface area contributed by atoms with Crippen LogP contribution in [0.2, 0.25) is 0 Å². The van der Waals surface area contributed by atoms with Crippen LogP contribution in [0.25, 0.3) is 83.9 Å². The minimum absolute atomic E-state index is 0.186. The van der Waals surface area contributed by atoms with E-state index in [-0.39, 0.29) is 22.0 Å². The molecule has 4 heteroatoms. The lowest BCUT2D eigenvalue weighted by Crippen LogP contribution is -2.17. The number of pyridine rings is 1. The van der Waals surface area contributed by atoms with Crippen molar-refractivity contribution in [3.63, 3.8) is 0 Å². The molecule has 0 spiro atoms. The first-order valence-corrected chi connectivity index (χ1v) is 23.5. The zero-order valence-corrected chi connectivity index (χ0v) is 41.0. The molecule has 0 unspecified atom stereocenters. The summed E-state index contributed by atoms with van der Waals surface area (Å²) in [5, 5.41) is 12.8. The second-order valence-electron chi connectivity index (χ2n) is 21.5. The van der Waals surface area contributed by atoms with Crippen LogP contribution in [0.5, 0.6) is 5.75 Å². The molecule has 0 bridgehead atoms. The maximum absolute atomic E-state index is 12.8. The van der Waals surface area contributed by atoms with Crippen molar-refractivity contribution in [3.05, 3.63) is 192 Å². The van der Waals surface area contributed by atoms with Gasteiger partial charge in [-0.25, -0.2) is 4.98 Å². The number of fused-ring (bicyclic) bond motifs is 1. The molecule has 0 radical (unpaired) electrons. The van der Waals surface area contributed by atoms with Crippen LogP contribution >= 0.6 is 0 Å². The monoisotopic (exact) mass is 898 g/mol. The maximum atomic E-state index is 12.8. The van der Waals surface area contributed by atoms with Crippen LogP contribution in [0.4, 0.5) is 0 Å². The second kappa shape index (κ2) is 17.2. The normalized spacial score (nSPS) is 14.1. The minimum Gasteiger partial charge on any atom is -0.507 e. The summed E-state index contributed by atoms with van der Waals surface area (Å²) in [5.41, 5.74) is 11.3. The van der Waals surface area contributed by atoms with Gasteiger partial charge in [-0.2, -0.15) is 0 Å². The first-order chi connectivity index (χ1) is 34.6. The molecule has 2 aromatic heterocycles. The Morgan fingerprint density at radius 1 is 0.441 bits per heavy atom. The van der Waals surface area contributed by atoms with Crippen molar-refractivity contribution < 1.29 is 13.3 Å². The van der Waals surface area contributed by atoms with Gasteiger partial charge in [-0.1, -0.05) is 198 Å². The number of imidazole rings is 1. The molecule has 4 nitrogen and oxygen atoms in total. The number of nitrogens with zero attached hydrogens (tertiary/aromatic N) is 3. The fraction of sp³-hybridized carbons (Fsp3) is 0.250. The van der Waals surface area contributed by atoms with Crippen molar-refractivity contribution in [3.8, 4) is 78.6 Å². The number of rotatable bonds is 7. The van der Waals surface area contributed by atoms with E-state index in [0.717, 1.165) is 78.1 Å². The average molecular weight is 898 g/mol. The van der Waals surface area contributed by atoms with Crippen molar-refractivity contribution in [1.82, 2.24) is 14.5 Å². The van der Waals surface area contributed by atoms with Gasteiger partial charge in [0.05, 0.1) is 28.0 Å². The van der Waals surface area contributed by atoms with E-state index in [0.29, 0.717) is 16.9 Å². The third-order valence-corrected chi connectivity index (χ3v) is 13.1. The third-order valence-electron chi connectivity index (χ3n) is 13.1. The fourth-order valence-corrected chi connectivity index (χ4v) is 9.04. The molecule has 9 rings (SSSR count). The molecule has 7 aromatic carbocycles. The first-order valence-electron chi connectivity index (χ1n) is 26.5. The fourth-order valence-electron chi connectivity index (χ4n) is 9.04. The molecule has 0 aliphatic carbocycles. The predicted octanol–water partition coefficient (Wildman–Crippen LogP) is 17.3. The second-order valence-corrected chi connectivity index (χ2v) is 21.5. The van der Waals surface area contributed by atoms with Gasteiger partial charge in [0.1, 0.15) is 11.6 Å². The topological polar surface area (TPSA) is 50.9 Å². The van der Waals surface area contributed by atoms with Crippen molar-refractivity contribution in [2.24, 2.45) is 0 Å². The number of phenolic OH excluding ortho intramolecular Hbond substituents is 1. The molecular formula is C64H65N3O. The van der Waals surface area contributed by atoms with Gasteiger partial charge in [0.15, 0.2) is 0 Å². The number of benzene rings is 7. The zero-order valence-electron chi connectivity index (χ0n) is 47.0. The highest BCUT2D eigenvalue weighted by Crippen LogP contribution is 2.46. The Kier molecular flexibility index (Phi) is 9.89. The summed E-state index contributed by atoms with van der Waals surface area (Å²) in [6, 6.07) is 55.8. The molecule has 2 heterocycles. The first kappa shape index (κ1) is 39.0. The van der Waals surface area contributed by atoms with Crippen LogP contribution in [0.3, 0.4) is 0 Å². The van der Waals surface area contributed by atoms with E-state index >= 15 is 0 Å². The van der Waals surface area contributed by atoms with E-state index in [9.17, 15) is 5.11 Å². The Balaban J connectivity index is 1.33. The molecule has 342 valence electrons. The van der Waals surface area contributed by atoms with Gasteiger partial charge in [0.25, 0.3) is 0 Å². The molecule has 0 fully saturated rings. The Morgan fingerprint density at radius 3 is 1.65 bits per heavy atom. The number of aromatic nitrogens is 3. The Labute approximate surface area is 412 Å². The van der Waals surface area contributed by atoms with Crippen LogP contribution in [0.1, 0.15) is 113 Å². The van der Waals surface area contributed by atoms with Gasteiger partial charge in [-0.3, -0.25) is 9.55 Å². The smallest absolute Gasteiger partial charge is 0.149 e. The van der Waals surface area contributed by atoms with Gasteiger partial charge in [0, 0.05) is 36.7 Å². The summed E-state index contributed by atoms with van der Waals surface area (Å²) in [5.74, 6) is -0.118. The summed E-state index contributed by atoms with van der Waals surface area (Å²) in [6.07, 6.45) is 1.86. The van der Waals surface area contributed by atoms with Crippen molar-refractivity contribution in [2.75, 3.05) is 0 Å². The lowest BCUT2D eigenvalue weighted by atomic mass is 9.79. The van der Waals surface area contributed by atoms with Crippen LogP contribution in [-0.2, 0) is 21.7 Å². The summed E-state index contributed by atoms with van der Waals surface area (Å²) in [4.78, 5) is 10.5. The van der Waals surface area contributed by atoms with E-state index in [2.05, 4.69) is 139 Å². The molecule has 0 aliphatic heterocycles. The summed E-state index contributed by atoms with van der Waals surface area (Å²) in [7, 11) is 0. The van der Waals surface area contributed by atoms with Crippen molar-refractivity contribution >= 4 is 11.0 Å². The lowest BCUT2D eigenvalue weighted by Gasteiger charge is -2.28. The van der Waals surface area contributed by atoms with Gasteiger partial charge >= 0.3 is 0 Å². The number of para-hydroxylation sites is 1. The molecule has 68 heavy (non-hydrogen) atoms. The maximum Gasteiger partial charge on any atom is 0.149 e. The molecule has 1 N–H and O–H groups in total. The highest BCUT2D eigenvalue weighted by Gasteiger charge is 2.30. The van der Waals surface area contributed by atoms with Gasteiger partial charge < -0.3 is 5.11 Å². The summed E-state index contributed by atoms with van der Waals surface area (Å²) >= 11 is 0. The molecule has 0 aliphatic rings. The molecule has 0 atom stereocenters. The van der Waals surface area contributed by atoms with Crippen LogP contribution in [0.15, 0.2) is 170 Å². The van der Waals surface area contributed by atoms with Gasteiger partial charge in [0.2, 0.25) is 0 Å². The van der Waals surface area contributed by atoms with E-state index in [1.165, 1.54) is 6.92 Å². The Morgan fingerprint density at radius 2 is 1.01 bits per heavy atom. The molecule has 0 saturated carbocycles. The average Bonchev–Trinajstić information content (AvgIpc) is 3.74. The largest absolute Gasteiger partial charge is 0.507 e. The minimum atomic E-state index is -3.03. The van der Waals surface area contributed by atoms with Crippen LogP contribution < -0.4 is 0 Å². The third kappa shape index (κ3) is 9.05. The van der Waals surface area contributed by atoms with E-state index in [1.807, 2.05) is 92.2 Å². The number of aromatic hydroxyl groups is 1. The SMILES string of the molecule is [2H]C([2H])([2H])C(C)(c1cc(C(C)(C)C)cc(-c2nc3c(-c4cc(-c5cc(-c6ccc(-c7ccccc7)cc6)ccn5)cc(C(C)(C)C)c4)cccc3n2-c2ccc(C(C)(C)C)cc2-c2ccccc2)c1O)C([2H])([2H])[2H]. The van der Waals surface area contributed by atoms with Crippen LogP contribution in [-0.4, -0.2) is 19.6 Å². The number of hydrogen-bond acceptors (Lipinski definition) is 3. The lowest BCUT2D eigenvalue weighted by molar-refractivity contribution is 0.446. The quantitative estimate of drug-likeness (QED) is 0.173. The molecular weight excluding hydrogens is 827 g/mol. The summed E-state index contributed by atoms with van der Waals surface area (Å²) < 4.78 is 54.4. The zero-order chi connectivity index (χ0) is 53.3. The van der Waals surface area contributed by atoms with E-state index < -0.39 is 30.3 Å². The van der Waals surface area contributed by atoms with Gasteiger partial charge in [-0.15, -0.1) is 0 Å². The molecule has 0 amide bonds. The Bertz CT molecular complexity index is 3520. The van der Waals surface area contributed by atoms with Crippen molar-refractivity contribution in [2.45, 2.75) is 105 Å². The Hall–Kier alpha value is -7.04. The number of phenols is 1. The van der Waals surface area contributed by atoms with Crippen molar-refractivity contribution in [1.29, 1.82) is 0 Å². The summed E-state index contributed by atoms with van der Waals surface area (Å²) in [6.45, 7) is 14.2. The van der Waals surface area contributed by atoms with Gasteiger partial charge in [-0.05, 0) is 120 Å². The predicted molar refractivity (Wildman–Crippen MR) is 288 cm³/mol. The van der Waals surface area contributed by atoms with Crippen LogP contribution in [0, 0.1) is 0 Å². The number of hydrogen-bond donors (Lipinski definition) is 1. The standard InChI is InChI=1S/C64H65N3O/c1-61(2,3)48-30-31-56(52(38-48)44-22-17-14-18-23-44)67-57-25-19-24-51(58(57)66-60(67)53-39-50(63(7,8)9)40-54(59(53)68)64(10,11)12)46-34-47(36-49(35-46)62(4,5)6)55-37-45(32-33-65-55)43-28-26-42(27-29-43)41-20-15-13-16-21-41/h13-40,68H,1-12H3/i10D3,11D3. The van der Waals surface area contributed by atoms with E-state index in [4.69, 9.17) is 18.2 Å². The highest BCUT2D eigenvalue weighted by atomic mass is 16.3. The van der Waals surface area contributed by atoms with E-state index in [1.54, 1.807) is 6.07 Å².